The summed E-state index contributed by atoms with van der Waals surface area (Å²) in [4.78, 5) is 18.4. The maximum Gasteiger partial charge on any atom is 0.255 e. The summed E-state index contributed by atoms with van der Waals surface area (Å²) in [6.07, 6.45) is 2.80. The Bertz CT molecular complexity index is 526. The molecule has 5 nitrogen and oxygen atoms in total. The largest absolute Gasteiger partial charge is 0.474 e. The summed E-state index contributed by atoms with van der Waals surface area (Å²) in [5, 5.41) is 9.96. The van der Waals surface area contributed by atoms with Crippen LogP contribution in [0.4, 0.5) is 0 Å². The van der Waals surface area contributed by atoms with Crippen LogP contribution in [0.3, 0.4) is 0 Å². The molecule has 0 saturated carbocycles. The molecule has 1 amide bonds. The molecule has 1 aliphatic heterocycles. The number of nitrogens with zero attached hydrogens (tertiary/aromatic N) is 2. The van der Waals surface area contributed by atoms with Crippen molar-refractivity contribution >= 4 is 17.5 Å². The number of pyridine rings is 1. The number of likely N-dealkylation sites (tertiary alicyclic amines) is 1. The lowest BCUT2D eigenvalue weighted by Crippen LogP contribution is -2.40. The Morgan fingerprint density at radius 3 is 2.55 bits per heavy atom. The van der Waals surface area contributed by atoms with Crippen molar-refractivity contribution in [2.24, 2.45) is 5.92 Å². The first-order valence-corrected chi connectivity index (χ1v) is 8.05. The molecule has 0 aliphatic carbocycles. The van der Waals surface area contributed by atoms with Gasteiger partial charge in [-0.25, -0.2) is 4.98 Å². The summed E-state index contributed by atoms with van der Waals surface area (Å²) < 4.78 is 5.47. The van der Waals surface area contributed by atoms with Gasteiger partial charge < -0.3 is 14.7 Å². The molecule has 0 bridgehead atoms. The number of halogens is 1. The maximum atomic E-state index is 12.5. The molecule has 1 aliphatic rings. The van der Waals surface area contributed by atoms with Gasteiger partial charge in [0.05, 0.1) is 17.8 Å². The van der Waals surface area contributed by atoms with Crippen molar-refractivity contribution in [3.05, 3.63) is 22.8 Å². The number of piperidine rings is 1. The third-order valence-electron chi connectivity index (χ3n) is 3.91. The second-order valence-electron chi connectivity index (χ2n) is 6.05. The number of ether oxygens (including phenoxy) is 1. The molecule has 122 valence electrons. The van der Waals surface area contributed by atoms with Crippen molar-refractivity contribution in [2.75, 3.05) is 13.1 Å². The summed E-state index contributed by atoms with van der Waals surface area (Å²) in [7, 11) is 0. The number of aromatic nitrogens is 1. The highest BCUT2D eigenvalue weighted by molar-refractivity contribution is 6.32. The van der Waals surface area contributed by atoms with Gasteiger partial charge in [-0.2, -0.15) is 0 Å². The fourth-order valence-electron chi connectivity index (χ4n) is 2.62. The van der Waals surface area contributed by atoms with Gasteiger partial charge in [0.2, 0.25) is 5.88 Å². The van der Waals surface area contributed by atoms with E-state index in [-0.39, 0.29) is 24.0 Å². The van der Waals surface area contributed by atoms with Gasteiger partial charge in [-0.1, -0.05) is 11.6 Å². The van der Waals surface area contributed by atoms with Crippen LogP contribution in [0.5, 0.6) is 5.88 Å². The monoisotopic (exact) mass is 326 g/mol. The van der Waals surface area contributed by atoms with Gasteiger partial charge in [-0.3, -0.25) is 4.79 Å². The topological polar surface area (TPSA) is 62.7 Å². The first-order chi connectivity index (χ1) is 10.4. The van der Waals surface area contributed by atoms with E-state index in [1.54, 1.807) is 17.9 Å². The Morgan fingerprint density at radius 1 is 1.41 bits per heavy atom. The highest BCUT2D eigenvalue weighted by atomic mass is 35.5. The fraction of sp³-hybridized carbons (Fsp3) is 0.625. The number of carbonyl (C=O) groups is 1. The van der Waals surface area contributed by atoms with E-state index in [1.165, 1.54) is 6.20 Å². The number of hydrogen-bond acceptors (Lipinski definition) is 4. The molecule has 0 spiro atoms. The van der Waals surface area contributed by atoms with Crippen LogP contribution in [-0.4, -0.2) is 46.2 Å². The highest BCUT2D eigenvalue weighted by Crippen LogP contribution is 2.26. The minimum absolute atomic E-state index is 0.0222. The van der Waals surface area contributed by atoms with Crippen LogP contribution in [0, 0.1) is 5.92 Å². The van der Waals surface area contributed by atoms with Crippen molar-refractivity contribution in [3.8, 4) is 5.88 Å². The predicted octanol–water partition coefficient (Wildman–Crippen LogP) is 2.76. The van der Waals surface area contributed by atoms with E-state index in [4.69, 9.17) is 16.3 Å². The number of carbonyl (C=O) groups excluding carboxylic acids is 1. The lowest BCUT2D eigenvalue weighted by Gasteiger charge is -2.33. The Hall–Kier alpha value is -1.33. The first-order valence-electron chi connectivity index (χ1n) is 7.68. The molecular weight excluding hydrogens is 304 g/mol. The fourth-order valence-corrected chi connectivity index (χ4v) is 2.83. The van der Waals surface area contributed by atoms with Crippen LogP contribution < -0.4 is 4.74 Å². The predicted molar refractivity (Wildman–Crippen MR) is 85.3 cm³/mol. The van der Waals surface area contributed by atoms with Crippen LogP contribution in [0.1, 0.15) is 44.0 Å². The second kappa shape index (κ2) is 7.29. The summed E-state index contributed by atoms with van der Waals surface area (Å²) in [5.41, 5.74) is 0.469. The van der Waals surface area contributed by atoms with E-state index in [0.717, 1.165) is 12.8 Å². The van der Waals surface area contributed by atoms with Crippen LogP contribution in [-0.2, 0) is 0 Å². The van der Waals surface area contributed by atoms with Gasteiger partial charge in [0.15, 0.2) is 0 Å². The van der Waals surface area contributed by atoms with E-state index < -0.39 is 0 Å². The molecular formula is C16H23ClN2O3. The quantitative estimate of drug-likeness (QED) is 0.924. The minimum atomic E-state index is -0.319. The highest BCUT2D eigenvalue weighted by Gasteiger charge is 2.26. The molecule has 1 aromatic rings. The summed E-state index contributed by atoms with van der Waals surface area (Å²) in [6, 6.07) is 1.61. The SMILES string of the molecule is CC(C)Oc1ncc(C(=O)N2CCC(C(C)O)CC2)cc1Cl. The van der Waals surface area contributed by atoms with Crippen molar-refractivity contribution in [1.29, 1.82) is 0 Å². The van der Waals surface area contributed by atoms with Crippen LogP contribution >= 0.6 is 11.6 Å². The Morgan fingerprint density at radius 2 is 2.05 bits per heavy atom. The van der Waals surface area contributed by atoms with Crippen molar-refractivity contribution in [2.45, 2.75) is 45.8 Å². The third kappa shape index (κ3) is 4.11. The van der Waals surface area contributed by atoms with Crippen molar-refractivity contribution < 1.29 is 14.6 Å². The number of aliphatic hydroxyl groups is 1. The Kier molecular flexibility index (Phi) is 5.64. The molecule has 1 unspecified atom stereocenters. The average molecular weight is 327 g/mol. The van der Waals surface area contributed by atoms with E-state index in [1.807, 2.05) is 13.8 Å². The zero-order valence-electron chi connectivity index (χ0n) is 13.3. The van der Waals surface area contributed by atoms with Crippen LogP contribution in [0.15, 0.2) is 12.3 Å². The first kappa shape index (κ1) is 17.0. The third-order valence-corrected chi connectivity index (χ3v) is 4.18. The van der Waals surface area contributed by atoms with Gasteiger partial charge in [-0.15, -0.1) is 0 Å². The maximum absolute atomic E-state index is 12.5. The standard InChI is InChI=1S/C16H23ClN2O3/c1-10(2)22-15-14(17)8-13(9-18-15)16(21)19-6-4-12(5-7-19)11(3)20/h8-12,20H,4-7H2,1-3H3. The molecule has 6 heteroatoms. The number of amides is 1. The van der Waals surface area contributed by atoms with Gasteiger partial charge in [0, 0.05) is 19.3 Å². The van der Waals surface area contributed by atoms with Crippen molar-refractivity contribution in [1.82, 2.24) is 9.88 Å². The minimum Gasteiger partial charge on any atom is -0.474 e. The summed E-state index contributed by atoms with van der Waals surface area (Å²) in [5.74, 6) is 0.545. The molecule has 0 aromatic carbocycles. The lowest BCUT2D eigenvalue weighted by atomic mass is 9.92. The van der Waals surface area contributed by atoms with Crippen molar-refractivity contribution in [3.63, 3.8) is 0 Å². The zero-order valence-corrected chi connectivity index (χ0v) is 14.0. The number of aliphatic hydroxyl groups excluding tert-OH is 1. The Balaban J connectivity index is 2.03. The zero-order chi connectivity index (χ0) is 16.3. The molecule has 0 radical (unpaired) electrons. The molecule has 1 fully saturated rings. The molecule has 1 saturated heterocycles. The van der Waals surface area contributed by atoms with Gasteiger partial charge in [-0.05, 0) is 45.6 Å². The van der Waals surface area contributed by atoms with E-state index in [2.05, 4.69) is 4.98 Å². The molecule has 2 rings (SSSR count). The average Bonchev–Trinajstić information content (AvgIpc) is 2.48. The molecule has 22 heavy (non-hydrogen) atoms. The second-order valence-corrected chi connectivity index (χ2v) is 6.46. The number of rotatable bonds is 4. The van der Waals surface area contributed by atoms with E-state index in [9.17, 15) is 9.90 Å². The number of hydrogen-bond donors (Lipinski definition) is 1. The molecule has 1 atom stereocenters. The van der Waals surface area contributed by atoms with Crippen LogP contribution in [0.2, 0.25) is 5.02 Å². The van der Waals surface area contributed by atoms with E-state index in [0.29, 0.717) is 29.6 Å². The normalized spacial score (nSPS) is 17.6. The van der Waals surface area contributed by atoms with Gasteiger partial charge in [0.25, 0.3) is 5.91 Å². The smallest absolute Gasteiger partial charge is 0.255 e. The molecule has 2 heterocycles. The van der Waals surface area contributed by atoms with Crippen LogP contribution in [0.25, 0.3) is 0 Å². The van der Waals surface area contributed by atoms with E-state index >= 15 is 0 Å². The molecule has 1 N–H and O–H groups in total. The summed E-state index contributed by atoms with van der Waals surface area (Å²) in [6.45, 7) is 6.89. The summed E-state index contributed by atoms with van der Waals surface area (Å²) >= 11 is 6.13. The lowest BCUT2D eigenvalue weighted by molar-refractivity contribution is 0.0521. The van der Waals surface area contributed by atoms with Gasteiger partial charge >= 0.3 is 0 Å². The molecule has 1 aromatic heterocycles. The Labute approximate surface area is 136 Å². The van der Waals surface area contributed by atoms with Gasteiger partial charge in [0.1, 0.15) is 5.02 Å².